The van der Waals surface area contributed by atoms with Crippen LogP contribution in [0.4, 0.5) is 5.69 Å². The van der Waals surface area contributed by atoms with E-state index in [1.165, 1.54) is 12.1 Å². The molecule has 1 aliphatic heterocycles. The first-order valence-electron chi connectivity index (χ1n) is 10.2. The Hall–Kier alpha value is -3.86. The van der Waals surface area contributed by atoms with Crippen LogP contribution in [0.5, 0.6) is 11.5 Å². The highest BCUT2D eigenvalue weighted by atomic mass is 16.6. The average Bonchev–Trinajstić information content (AvgIpc) is 3.40. The molecule has 0 aliphatic carbocycles. The number of H-pyrrole nitrogens is 1. The standard InChI is InChI=1S/C23H22N4O4/c1-15(23(28)26-10-2-3-18(26)13-24)11-16-14-25-22-9-8-20(12-21(16)22)31-19-6-4-17(5-7-19)27(29)30/h4-9,12,14-15,18,25H,2-3,10-11H2,1H3/t15-,18-/m0/s1. The number of amides is 1. The van der Waals surface area contributed by atoms with E-state index < -0.39 is 4.92 Å². The van der Waals surface area contributed by atoms with E-state index in [-0.39, 0.29) is 23.6 Å². The Balaban J connectivity index is 1.51. The van der Waals surface area contributed by atoms with Crippen LogP contribution in [0.25, 0.3) is 10.9 Å². The SMILES string of the molecule is C[C@@H](Cc1c[nH]c2ccc(Oc3ccc([N+](=O)[O-])cc3)cc12)C(=O)N1CCC[C@H]1C#N. The number of likely N-dealkylation sites (tertiary alicyclic amines) is 1. The molecule has 2 aromatic carbocycles. The number of ether oxygens (including phenoxy) is 1. The molecule has 8 nitrogen and oxygen atoms in total. The minimum atomic E-state index is -0.453. The van der Waals surface area contributed by atoms with Crippen molar-refractivity contribution in [1.29, 1.82) is 5.26 Å². The maximum absolute atomic E-state index is 12.9. The molecule has 4 rings (SSSR count). The van der Waals surface area contributed by atoms with Crippen LogP contribution in [0.1, 0.15) is 25.3 Å². The zero-order valence-corrected chi connectivity index (χ0v) is 17.1. The summed E-state index contributed by atoms with van der Waals surface area (Å²) in [5.41, 5.74) is 1.94. The fraction of sp³-hybridized carbons (Fsp3) is 0.304. The zero-order valence-electron chi connectivity index (χ0n) is 17.1. The summed E-state index contributed by atoms with van der Waals surface area (Å²) < 4.78 is 5.86. The average molecular weight is 418 g/mol. The molecule has 2 heterocycles. The molecule has 31 heavy (non-hydrogen) atoms. The normalized spacial score (nSPS) is 16.8. The summed E-state index contributed by atoms with van der Waals surface area (Å²) in [5, 5.41) is 21.0. The van der Waals surface area contributed by atoms with Gasteiger partial charge in [0.25, 0.3) is 5.69 Å². The Morgan fingerprint density at radius 3 is 2.77 bits per heavy atom. The van der Waals surface area contributed by atoms with Gasteiger partial charge in [0.05, 0.1) is 11.0 Å². The van der Waals surface area contributed by atoms with E-state index >= 15 is 0 Å². The van der Waals surface area contributed by atoms with Gasteiger partial charge in [-0.25, -0.2) is 0 Å². The summed E-state index contributed by atoms with van der Waals surface area (Å²) in [7, 11) is 0. The van der Waals surface area contributed by atoms with Gasteiger partial charge >= 0.3 is 0 Å². The van der Waals surface area contributed by atoms with E-state index in [2.05, 4.69) is 11.1 Å². The van der Waals surface area contributed by atoms with Gasteiger partial charge in [0, 0.05) is 41.7 Å². The van der Waals surface area contributed by atoms with Crippen molar-refractivity contribution in [2.24, 2.45) is 5.92 Å². The Bertz CT molecular complexity index is 1160. The number of nitro benzene ring substituents is 1. The summed E-state index contributed by atoms with van der Waals surface area (Å²) in [6.45, 7) is 2.54. The quantitative estimate of drug-likeness (QED) is 0.466. The second-order valence-corrected chi connectivity index (χ2v) is 7.80. The highest BCUT2D eigenvalue weighted by molar-refractivity contribution is 5.86. The molecule has 1 fully saturated rings. The monoisotopic (exact) mass is 418 g/mol. The van der Waals surface area contributed by atoms with Crippen LogP contribution in [-0.2, 0) is 11.2 Å². The third-order valence-corrected chi connectivity index (χ3v) is 5.65. The molecule has 0 saturated carbocycles. The molecule has 2 atom stereocenters. The van der Waals surface area contributed by atoms with Crippen LogP contribution in [0, 0.1) is 27.4 Å². The molecule has 1 aliphatic rings. The van der Waals surface area contributed by atoms with Gasteiger partial charge in [-0.2, -0.15) is 5.26 Å². The number of nitriles is 1. The maximum Gasteiger partial charge on any atom is 0.269 e. The van der Waals surface area contributed by atoms with Gasteiger partial charge in [0.2, 0.25) is 5.91 Å². The van der Waals surface area contributed by atoms with Crippen LogP contribution in [0.2, 0.25) is 0 Å². The number of non-ortho nitro benzene ring substituents is 1. The number of rotatable bonds is 6. The minimum Gasteiger partial charge on any atom is -0.457 e. The zero-order chi connectivity index (χ0) is 22.0. The largest absolute Gasteiger partial charge is 0.457 e. The molecular weight excluding hydrogens is 396 g/mol. The van der Waals surface area contributed by atoms with E-state index in [1.807, 2.05) is 31.3 Å². The lowest BCUT2D eigenvalue weighted by molar-refractivity contribution is -0.384. The molecule has 0 unspecified atom stereocenters. The molecule has 3 aromatic rings. The summed E-state index contributed by atoms with van der Waals surface area (Å²) in [4.78, 5) is 28.1. The number of nitro groups is 1. The van der Waals surface area contributed by atoms with Crippen molar-refractivity contribution >= 4 is 22.5 Å². The number of nitrogens with zero attached hydrogens (tertiary/aromatic N) is 3. The van der Waals surface area contributed by atoms with Crippen molar-refractivity contribution in [3.8, 4) is 17.6 Å². The summed E-state index contributed by atoms with van der Waals surface area (Å²) in [6.07, 6.45) is 4.06. The number of carbonyl (C=O) groups is 1. The van der Waals surface area contributed by atoms with E-state index in [4.69, 9.17) is 4.74 Å². The Morgan fingerprint density at radius 1 is 1.32 bits per heavy atom. The topological polar surface area (TPSA) is 112 Å². The number of hydrogen-bond acceptors (Lipinski definition) is 5. The predicted molar refractivity (Wildman–Crippen MR) is 115 cm³/mol. The first kappa shape index (κ1) is 20.4. The molecule has 0 spiro atoms. The van der Waals surface area contributed by atoms with Crippen LogP contribution in [-0.4, -0.2) is 33.3 Å². The van der Waals surface area contributed by atoms with Crippen molar-refractivity contribution < 1.29 is 14.5 Å². The number of aromatic nitrogens is 1. The van der Waals surface area contributed by atoms with Crippen molar-refractivity contribution in [1.82, 2.24) is 9.88 Å². The third kappa shape index (κ3) is 4.21. The van der Waals surface area contributed by atoms with Crippen molar-refractivity contribution in [2.45, 2.75) is 32.2 Å². The summed E-state index contributed by atoms with van der Waals surface area (Å²) in [5.74, 6) is 0.872. The number of nitrogens with one attached hydrogen (secondary N) is 1. The van der Waals surface area contributed by atoms with Gasteiger partial charge in [-0.15, -0.1) is 0 Å². The van der Waals surface area contributed by atoms with Gasteiger partial charge in [0.1, 0.15) is 17.5 Å². The van der Waals surface area contributed by atoms with Gasteiger partial charge in [0.15, 0.2) is 0 Å². The van der Waals surface area contributed by atoms with Crippen molar-refractivity contribution in [3.63, 3.8) is 0 Å². The molecule has 1 amide bonds. The van der Waals surface area contributed by atoms with E-state index in [1.54, 1.807) is 17.0 Å². The lowest BCUT2D eigenvalue weighted by Gasteiger charge is -2.23. The Labute approximate surface area is 179 Å². The number of carbonyl (C=O) groups excluding carboxylic acids is 1. The maximum atomic E-state index is 12.9. The Morgan fingerprint density at radius 2 is 2.06 bits per heavy atom. The van der Waals surface area contributed by atoms with E-state index in [0.29, 0.717) is 24.5 Å². The highest BCUT2D eigenvalue weighted by Crippen LogP contribution is 2.30. The molecule has 1 aromatic heterocycles. The minimum absolute atomic E-state index is 0.00557. The second-order valence-electron chi connectivity index (χ2n) is 7.80. The smallest absolute Gasteiger partial charge is 0.269 e. The molecule has 0 bridgehead atoms. The van der Waals surface area contributed by atoms with Gasteiger partial charge in [-0.1, -0.05) is 6.92 Å². The first-order valence-corrected chi connectivity index (χ1v) is 10.2. The van der Waals surface area contributed by atoms with Crippen LogP contribution in [0.15, 0.2) is 48.7 Å². The number of fused-ring (bicyclic) bond motifs is 1. The number of aromatic amines is 1. The first-order chi connectivity index (χ1) is 15.0. The number of hydrogen-bond donors (Lipinski definition) is 1. The predicted octanol–water partition coefficient (Wildman–Crippen LogP) is 4.56. The third-order valence-electron chi connectivity index (χ3n) is 5.65. The molecule has 158 valence electrons. The molecule has 1 N–H and O–H groups in total. The second kappa shape index (κ2) is 8.48. The molecule has 1 saturated heterocycles. The highest BCUT2D eigenvalue weighted by Gasteiger charge is 2.31. The summed E-state index contributed by atoms with van der Waals surface area (Å²) >= 11 is 0. The van der Waals surface area contributed by atoms with E-state index in [0.717, 1.165) is 29.3 Å². The summed E-state index contributed by atoms with van der Waals surface area (Å²) in [6, 6.07) is 13.4. The lowest BCUT2D eigenvalue weighted by Crippen LogP contribution is -2.38. The molecule has 8 heteroatoms. The molecular formula is C23H22N4O4. The van der Waals surface area contributed by atoms with E-state index in [9.17, 15) is 20.2 Å². The van der Waals surface area contributed by atoms with Gasteiger partial charge < -0.3 is 14.6 Å². The lowest BCUT2D eigenvalue weighted by atomic mass is 9.99. The van der Waals surface area contributed by atoms with Crippen molar-refractivity contribution in [2.75, 3.05) is 6.54 Å². The van der Waals surface area contributed by atoms with Crippen LogP contribution >= 0.6 is 0 Å². The van der Waals surface area contributed by atoms with Crippen LogP contribution < -0.4 is 4.74 Å². The van der Waals surface area contributed by atoms with Crippen LogP contribution in [0.3, 0.4) is 0 Å². The fourth-order valence-electron chi connectivity index (χ4n) is 4.03. The van der Waals surface area contributed by atoms with Crippen molar-refractivity contribution in [3.05, 3.63) is 64.3 Å². The Kier molecular flexibility index (Phi) is 5.58. The fourth-order valence-corrected chi connectivity index (χ4v) is 4.03. The number of benzene rings is 2. The molecule has 0 radical (unpaired) electrons. The van der Waals surface area contributed by atoms with Gasteiger partial charge in [-0.05, 0) is 55.2 Å². The van der Waals surface area contributed by atoms with Gasteiger partial charge in [-0.3, -0.25) is 14.9 Å².